The Labute approximate surface area is 158 Å². The highest BCUT2D eigenvalue weighted by molar-refractivity contribution is 5.90. The zero-order valence-corrected chi connectivity index (χ0v) is 17.2. The molecule has 4 nitrogen and oxygen atoms in total. The summed E-state index contributed by atoms with van der Waals surface area (Å²) in [5.74, 6) is 0.390. The van der Waals surface area contributed by atoms with Crippen LogP contribution in [0.1, 0.15) is 66.7 Å². The lowest BCUT2D eigenvalue weighted by Gasteiger charge is -2.65. The van der Waals surface area contributed by atoms with E-state index >= 15 is 0 Å². The van der Waals surface area contributed by atoms with E-state index in [1.54, 1.807) is 0 Å². The monoisotopic (exact) mass is 370 g/mol. The van der Waals surface area contributed by atoms with Crippen molar-refractivity contribution < 1.29 is 9.53 Å². The molecular formula is C20H35ClN2O2. The van der Waals surface area contributed by atoms with Gasteiger partial charge in [-0.05, 0) is 42.9 Å². The maximum atomic E-state index is 13.7. The van der Waals surface area contributed by atoms with Gasteiger partial charge in [0.15, 0.2) is 0 Å². The highest BCUT2D eigenvalue weighted by atomic mass is 35.5. The molecule has 0 aromatic carbocycles. The molecule has 2 saturated heterocycles. The van der Waals surface area contributed by atoms with Crippen LogP contribution in [0.15, 0.2) is 0 Å². The second-order valence-electron chi connectivity index (χ2n) is 10.8. The number of nitrogens with two attached hydrogens (primary N) is 1. The molecule has 2 N–H and O–H groups in total. The van der Waals surface area contributed by atoms with Gasteiger partial charge in [-0.15, -0.1) is 12.4 Å². The third-order valence-corrected chi connectivity index (χ3v) is 7.71. The number of likely N-dealkylation sites (tertiary alicyclic amines) is 1. The molecule has 144 valence electrons. The van der Waals surface area contributed by atoms with Gasteiger partial charge < -0.3 is 15.4 Å². The normalized spacial score (nSPS) is 46.6. The molecule has 2 heterocycles. The number of hydrogen-bond acceptors (Lipinski definition) is 3. The summed E-state index contributed by atoms with van der Waals surface area (Å²) in [6.45, 7) is 13.0. The summed E-state index contributed by atoms with van der Waals surface area (Å²) in [5, 5.41) is 0. The van der Waals surface area contributed by atoms with Crippen LogP contribution in [-0.4, -0.2) is 41.6 Å². The zero-order valence-electron chi connectivity index (χ0n) is 16.4. The van der Waals surface area contributed by atoms with E-state index in [1.165, 1.54) is 6.42 Å². The first-order chi connectivity index (χ1) is 11.0. The molecule has 5 atom stereocenters. The molecule has 0 aromatic rings. The first kappa shape index (κ1) is 19.4. The Morgan fingerprint density at radius 1 is 1.16 bits per heavy atom. The van der Waals surface area contributed by atoms with Gasteiger partial charge >= 0.3 is 0 Å². The third-order valence-electron chi connectivity index (χ3n) is 7.71. The smallest absolute Gasteiger partial charge is 0.243 e. The van der Waals surface area contributed by atoms with Crippen molar-refractivity contribution in [1.29, 1.82) is 0 Å². The fourth-order valence-corrected chi connectivity index (χ4v) is 6.94. The molecule has 5 heteroatoms. The van der Waals surface area contributed by atoms with Gasteiger partial charge in [-0.1, -0.05) is 34.6 Å². The topological polar surface area (TPSA) is 55.6 Å². The van der Waals surface area contributed by atoms with Crippen molar-refractivity contribution in [1.82, 2.24) is 4.90 Å². The molecule has 0 spiro atoms. The number of carbonyl (C=O) groups is 1. The number of carbonyl (C=O) groups excluding carboxylic acids is 1. The largest absolute Gasteiger partial charge is 0.377 e. The molecule has 0 radical (unpaired) electrons. The summed E-state index contributed by atoms with van der Waals surface area (Å²) in [4.78, 5) is 15.8. The van der Waals surface area contributed by atoms with E-state index in [1.807, 2.05) is 0 Å². The molecule has 0 aromatic heterocycles. The summed E-state index contributed by atoms with van der Waals surface area (Å²) in [6.07, 6.45) is 5.65. The van der Waals surface area contributed by atoms with Crippen LogP contribution in [0.4, 0.5) is 0 Å². The fraction of sp³-hybridized carbons (Fsp3) is 0.950. The molecule has 2 saturated carbocycles. The highest BCUT2D eigenvalue weighted by Gasteiger charge is 2.71. The number of amides is 1. The van der Waals surface area contributed by atoms with Gasteiger partial charge in [-0.2, -0.15) is 0 Å². The van der Waals surface area contributed by atoms with E-state index in [0.717, 1.165) is 38.8 Å². The number of hydrogen-bond donors (Lipinski definition) is 1. The third kappa shape index (κ3) is 2.50. The Bertz CT molecular complexity index is 578. The van der Waals surface area contributed by atoms with Crippen LogP contribution in [0, 0.1) is 22.2 Å². The number of halogens is 1. The standard InChI is InChI=1S/C20H34N2O2.ClH/c1-17(2)9-13-10-19(5,11-17)12-22(13)16(23)20(21)14-7-6-8-24-15(14)18(20,3)4;/h13-15H,6-12,21H2,1-5H3;1H. The summed E-state index contributed by atoms with van der Waals surface area (Å²) < 4.78 is 5.99. The molecule has 5 unspecified atom stereocenters. The SMILES string of the molecule is CC1(C)CC2CC(C)(CN2C(=O)C2(N)C3CCCOC3C2(C)C)C1.Cl. The van der Waals surface area contributed by atoms with Crippen molar-refractivity contribution in [3.8, 4) is 0 Å². The minimum absolute atomic E-state index is 0. The van der Waals surface area contributed by atoms with E-state index in [4.69, 9.17) is 10.5 Å². The number of ether oxygens (including phenoxy) is 1. The predicted octanol–water partition coefficient (Wildman–Crippen LogP) is 3.37. The minimum atomic E-state index is -0.754. The van der Waals surface area contributed by atoms with Gasteiger partial charge in [0.1, 0.15) is 5.54 Å². The van der Waals surface area contributed by atoms with Crippen LogP contribution in [0.5, 0.6) is 0 Å². The summed E-state index contributed by atoms with van der Waals surface area (Å²) >= 11 is 0. The Balaban J connectivity index is 0.00000182. The van der Waals surface area contributed by atoms with Crippen molar-refractivity contribution >= 4 is 18.3 Å². The maximum Gasteiger partial charge on any atom is 0.243 e. The summed E-state index contributed by atoms with van der Waals surface area (Å²) in [5.41, 5.74) is 6.43. The number of nitrogens with zero attached hydrogens (tertiary/aromatic N) is 1. The molecule has 2 aliphatic carbocycles. The Hall–Kier alpha value is -0.320. The molecule has 4 aliphatic rings. The second kappa shape index (κ2) is 5.59. The molecule has 4 fully saturated rings. The lowest BCUT2D eigenvalue weighted by atomic mass is 9.46. The van der Waals surface area contributed by atoms with Crippen molar-refractivity contribution in [2.24, 2.45) is 27.9 Å². The summed E-state index contributed by atoms with van der Waals surface area (Å²) in [6, 6.07) is 0.367. The van der Waals surface area contributed by atoms with E-state index in [9.17, 15) is 4.79 Å². The van der Waals surface area contributed by atoms with Gasteiger partial charge in [0, 0.05) is 30.5 Å². The first-order valence-electron chi connectivity index (χ1n) is 9.72. The summed E-state index contributed by atoms with van der Waals surface area (Å²) in [7, 11) is 0. The Morgan fingerprint density at radius 2 is 1.84 bits per heavy atom. The van der Waals surface area contributed by atoms with Gasteiger partial charge in [0.05, 0.1) is 6.10 Å². The van der Waals surface area contributed by atoms with E-state index < -0.39 is 5.54 Å². The molecule has 2 bridgehead atoms. The van der Waals surface area contributed by atoms with Gasteiger partial charge in [0.25, 0.3) is 0 Å². The average molecular weight is 371 g/mol. The lowest BCUT2D eigenvalue weighted by Crippen LogP contribution is -2.82. The average Bonchev–Trinajstić information content (AvgIpc) is 2.74. The van der Waals surface area contributed by atoms with Crippen LogP contribution < -0.4 is 5.73 Å². The van der Waals surface area contributed by atoms with E-state index in [-0.39, 0.29) is 41.2 Å². The predicted molar refractivity (Wildman–Crippen MR) is 102 cm³/mol. The number of rotatable bonds is 1. The van der Waals surface area contributed by atoms with Crippen molar-refractivity contribution in [2.75, 3.05) is 13.2 Å². The fourth-order valence-electron chi connectivity index (χ4n) is 6.94. The molecule has 4 rings (SSSR count). The second-order valence-corrected chi connectivity index (χ2v) is 10.8. The Kier molecular flexibility index (Phi) is 4.35. The first-order valence-corrected chi connectivity index (χ1v) is 9.72. The van der Waals surface area contributed by atoms with Crippen LogP contribution in [0.3, 0.4) is 0 Å². The van der Waals surface area contributed by atoms with Gasteiger partial charge in [-0.25, -0.2) is 0 Å². The molecule has 1 amide bonds. The Morgan fingerprint density at radius 3 is 2.52 bits per heavy atom. The van der Waals surface area contributed by atoms with E-state index in [2.05, 4.69) is 39.5 Å². The van der Waals surface area contributed by atoms with Crippen LogP contribution in [0.25, 0.3) is 0 Å². The maximum absolute atomic E-state index is 13.7. The van der Waals surface area contributed by atoms with Crippen molar-refractivity contribution in [3.05, 3.63) is 0 Å². The van der Waals surface area contributed by atoms with Crippen LogP contribution in [-0.2, 0) is 9.53 Å². The van der Waals surface area contributed by atoms with Crippen molar-refractivity contribution in [2.45, 2.75) is 84.4 Å². The van der Waals surface area contributed by atoms with Crippen molar-refractivity contribution in [3.63, 3.8) is 0 Å². The van der Waals surface area contributed by atoms with Gasteiger partial charge in [-0.3, -0.25) is 4.79 Å². The van der Waals surface area contributed by atoms with E-state index in [0.29, 0.717) is 11.5 Å². The van der Waals surface area contributed by atoms with Crippen LogP contribution in [0.2, 0.25) is 0 Å². The number of fused-ring (bicyclic) bond motifs is 3. The quantitative estimate of drug-likeness (QED) is 0.769. The molecule has 25 heavy (non-hydrogen) atoms. The minimum Gasteiger partial charge on any atom is -0.377 e. The van der Waals surface area contributed by atoms with Crippen LogP contribution >= 0.6 is 12.4 Å². The molecule has 2 aliphatic heterocycles. The lowest BCUT2D eigenvalue weighted by molar-refractivity contribution is -0.230. The zero-order chi connectivity index (χ0) is 17.5. The molecular weight excluding hydrogens is 336 g/mol. The van der Waals surface area contributed by atoms with Gasteiger partial charge in [0.2, 0.25) is 5.91 Å². The highest BCUT2D eigenvalue weighted by Crippen LogP contribution is 2.60.